The molecule has 2 heterocycles. The summed E-state index contributed by atoms with van der Waals surface area (Å²) in [5, 5.41) is 18.9. The van der Waals surface area contributed by atoms with Gasteiger partial charge in [0.05, 0.1) is 16.5 Å². The van der Waals surface area contributed by atoms with E-state index in [1.807, 2.05) is 32.9 Å². The molecule has 0 saturated carbocycles. The molecule has 0 unspecified atom stereocenters. The van der Waals surface area contributed by atoms with Crippen molar-refractivity contribution in [3.8, 4) is 11.1 Å². The van der Waals surface area contributed by atoms with Crippen molar-refractivity contribution in [1.82, 2.24) is 9.55 Å². The predicted molar refractivity (Wildman–Crippen MR) is 112 cm³/mol. The van der Waals surface area contributed by atoms with E-state index in [-0.39, 0.29) is 16.6 Å². The van der Waals surface area contributed by atoms with Crippen LogP contribution < -0.4 is 5.43 Å². The summed E-state index contributed by atoms with van der Waals surface area (Å²) in [5.74, 6) is -1.29. The molecule has 0 spiro atoms. The van der Waals surface area contributed by atoms with Crippen LogP contribution in [0, 0.1) is 19.2 Å². The molecule has 0 radical (unpaired) electrons. The molecule has 1 N–H and O–H groups in total. The number of pyridine rings is 2. The van der Waals surface area contributed by atoms with Crippen molar-refractivity contribution in [2.24, 2.45) is 0 Å². The number of carboxylic acids is 1. The molecule has 0 fully saturated rings. The number of aryl methyl sites for hydroxylation is 3. The predicted octanol–water partition coefficient (Wildman–Crippen LogP) is 7.27. The van der Waals surface area contributed by atoms with Gasteiger partial charge in [0.15, 0.2) is 4.98 Å². The van der Waals surface area contributed by atoms with E-state index >= 15 is 0 Å². The fourth-order valence-electron chi connectivity index (χ4n) is 3.14. The maximum atomic E-state index is 12.5. The average molecular weight is 494 g/mol. The Balaban J connectivity index is 0.000000479. The Morgan fingerprint density at radius 1 is 1.09 bits per heavy atom. The van der Waals surface area contributed by atoms with Crippen LogP contribution in [0.2, 0.25) is 0 Å². The van der Waals surface area contributed by atoms with Crippen LogP contribution in [0.25, 0.3) is 27.0 Å². The normalized spacial score (nSPS) is 13.3. The van der Waals surface area contributed by atoms with Gasteiger partial charge in [-0.1, -0.05) is 0 Å². The summed E-state index contributed by atoms with van der Waals surface area (Å²) in [6.45, 7) is 6.09. The van der Waals surface area contributed by atoms with Crippen molar-refractivity contribution in [2.45, 2.75) is 27.3 Å². The molecule has 0 saturated heterocycles. The van der Waals surface area contributed by atoms with Crippen LogP contribution in [0.3, 0.4) is 0 Å². The van der Waals surface area contributed by atoms with E-state index in [0.29, 0.717) is 17.6 Å². The second-order valence-corrected chi connectivity index (χ2v) is 8.96. The summed E-state index contributed by atoms with van der Waals surface area (Å²) in [4.78, 5) is 31.5. The number of carboxylic acid groups (broad SMARTS) is 1. The first kappa shape index (κ1) is 25.7. The first-order chi connectivity index (χ1) is 14.8. The third kappa shape index (κ3) is 7.25. The Labute approximate surface area is 182 Å². The molecule has 178 valence electrons. The number of hydrogen-bond donors (Lipinski definition) is 1. The van der Waals surface area contributed by atoms with E-state index in [2.05, 4.69) is 9.96 Å². The van der Waals surface area contributed by atoms with Crippen molar-refractivity contribution in [1.29, 1.82) is 5.39 Å². The monoisotopic (exact) mass is 494 g/mol. The number of halogens is 6. The first-order valence-electron chi connectivity index (χ1n) is 9.12. The summed E-state index contributed by atoms with van der Waals surface area (Å²) in [6, 6.07) is 6.90. The van der Waals surface area contributed by atoms with Gasteiger partial charge in [-0.2, -0.15) is 0 Å². The van der Waals surface area contributed by atoms with Crippen molar-refractivity contribution in [2.75, 3.05) is 0 Å². The van der Waals surface area contributed by atoms with Gasteiger partial charge in [-0.15, -0.1) is 0 Å². The topological polar surface area (TPSA) is 100 Å². The van der Waals surface area contributed by atoms with Gasteiger partial charge in [0.2, 0.25) is 10.8 Å². The first-order valence-corrected chi connectivity index (χ1v) is 11.1. The molecule has 3 rings (SSSR count). The van der Waals surface area contributed by atoms with Crippen LogP contribution in [-0.4, -0.2) is 20.6 Å². The second-order valence-electron chi connectivity index (χ2n) is 7.05. The van der Waals surface area contributed by atoms with Crippen LogP contribution in [0.15, 0.2) is 35.3 Å². The average Bonchev–Trinajstić information content (AvgIpc) is 2.64. The number of rotatable bonds is 3. The number of aromatic nitrogens is 2. The molecule has 7 nitrogen and oxygen atoms in total. The van der Waals surface area contributed by atoms with Crippen LogP contribution in [0.5, 0.6) is 0 Å². The molecule has 0 aliphatic rings. The van der Waals surface area contributed by atoms with Crippen LogP contribution >= 0.6 is 7.81 Å². The van der Waals surface area contributed by atoms with E-state index in [4.69, 9.17) is 0 Å². The van der Waals surface area contributed by atoms with E-state index in [1.54, 1.807) is 10.6 Å². The molecule has 3 aromatic rings. The molecule has 33 heavy (non-hydrogen) atoms. The number of aromatic carboxylic acids is 1. The molecule has 0 amide bonds. The van der Waals surface area contributed by atoms with Gasteiger partial charge in [-0.3, -0.25) is 9.78 Å². The molecule has 0 aliphatic heterocycles. The number of fused-ring (bicyclic) bond motifs is 1. The van der Waals surface area contributed by atoms with Crippen molar-refractivity contribution in [3.05, 3.63) is 62.6 Å². The van der Waals surface area contributed by atoms with Crippen LogP contribution in [0.1, 0.15) is 28.7 Å². The van der Waals surface area contributed by atoms with Crippen molar-refractivity contribution >= 4 is 30.4 Å². The van der Waals surface area contributed by atoms with Gasteiger partial charge in [0, 0.05) is 30.2 Å². The quantitative estimate of drug-likeness (QED) is 0.235. The number of diazo groups is 1. The summed E-state index contributed by atoms with van der Waals surface area (Å²) in [6.07, 6.45) is 1.34. The van der Waals surface area contributed by atoms with Crippen LogP contribution in [0.4, 0.5) is 30.9 Å². The molecule has 0 bridgehead atoms. The Morgan fingerprint density at radius 2 is 1.61 bits per heavy atom. The Kier molecular flexibility index (Phi) is 6.09. The molecule has 0 aliphatic carbocycles. The minimum atomic E-state index is -10.7. The number of benzene rings is 1. The fourth-order valence-corrected chi connectivity index (χ4v) is 3.14. The molecule has 1 aromatic carbocycles. The number of nitrogens with zero attached hydrogens (tertiary/aromatic N) is 4. The molecular weight excluding hydrogens is 477 g/mol. The van der Waals surface area contributed by atoms with Gasteiger partial charge in [0.25, 0.3) is 0 Å². The third-order valence-electron chi connectivity index (χ3n) is 4.27. The zero-order valence-corrected chi connectivity index (χ0v) is 18.3. The maximum absolute atomic E-state index is 12.5. The van der Waals surface area contributed by atoms with E-state index < -0.39 is 19.2 Å². The zero-order chi connectivity index (χ0) is 25.4. The number of carbonyl (C=O) groups is 1. The van der Waals surface area contributed by atoms with Gasteiger partial charge in [0.1, 0.15) is 5.56 Å². The molecular formula is C19H17F6N4O3P. The van der Waals surface area contributed by atoms with Crippen molar-refractivity contribution < 1.29 is 35.1 Å². The zero-order valence-electron chi connectivity index (χ0n) is 17.4. The fraction of sp³-hybridized carbons (Fsp3) is 0.211. The Hall–Kier alpha value is -3.52. The number of hydrogen-bond acceptors (Lipinski definition) is 4. The summed E-state index contributed by atoms with van der Waals surface area (Å²) >= 11 is 0. The SMILES string of the molecule is CCn1cc(C(=O)O)c(=O)c2cc([N+]#N)c(-c3cc(C)nc(C)c3)cc21.F[P-](F)(F)(F)(F)F. The summed E-state index contributed by atoms with van der Waals surface area (Å²) in [7, 11) is -10.7. The standard InChI is InChI=1S/C19H16N4O3.F6P/c1-4-23-9-15(19(25)26)18(24)14-7-16(22-20)13(8-17(14)23)12-5-10(2)21-11(3)6-12;1-7(2,3,4,5)6/h5-9H,4H2,1-3H3;/q;-1/p+1. The van der Waals surface area contributed by atoms with Gasteiger partial charge in [-0.25, -0.2) is 4.79 Å². The molecule has 2 aromatic heterocycles. The van der Waals surface area contributed by atoms with E-state index in [0.717, 1.165) is 17.0 Å². The van der Waals surface area contributed by atoms with Crippen LogP contribution in [-0.2, 0) is 6.54 Å². The second kappa shape index (κ2) is 7.81. The Bertz CT molecular complexity index is 1350. The van der Waals surface area contributed by atoms with Gasteiger partial charge < -0.3 is 9.67 Å². The Morgan fingerprint density at radius 3 is 2.03 bits per heavy atom. The summed E-state index contributed by atoms with van der Waals surface area (Å²) < 4.78 is 60.9. The van der Waals surface area contributed by atoms with Crippen molar-refractivity contribution in [3.63, 3.8) is 0 Å². The van der Waals surface area contributed by atoms with Gasteiger partial charge >= 0.3 is 44.6 Å². The molecule has 0 atom stereocenters. The third-order valence-corrected chi connectivity index (χ3v) is 4.27. The van der Waals surface area contributed by atoms with Gasteiger partial charge in [-0.05, 0) is 44.5 Å². The van der Waals surface area contributed by atoms with E-state index in [9.17, 15) is 45.3 Å². The summed E-state index contributed by atoms with van der Waals surface area (Å²) in [5.41, 5.74) is 2.95. The minimum absolute atomic E-state index is 0.199. The molecule has 14 heteroatoms. The van der Waals surface area contributed by atoms with E-state index in [1.165, 1.54) is 12.3 Å².